The van der Waals surface area contributed by atoms with E-state index in [1.165, 1.54) is 11.3 Å². The molecule has 6 heteroatoms. The van der Waals surface area contributed by atoms with Crippen molar-refractivity contribution in [3.63, 3.8) is 0 Å². The maximum atomic E-state index is 12.1. The van der Waals surface area contributed by atoms with Crippen molar-refractivity contribution in [1.29, 1.82) is 0 Å². The molecule has 0 radical (unpaired) electrons. The van der Waals surface area contributed by atoms with Gasteiger partial charge in [0, 0.05) is 16.8 Å². The maximum absolute atomic E-state index is 12.1. The summed E-state index contributed by atoms with van der Waals surface area (Å²) >= 11 is 7.40. The summed E-state index contributed by atoms with van der Waals surface area (Å²) in [6.07, 6.45) is 4.89. The van der Waals surface area contributed by atoms with Crippen LogP contribution in [0.25, 0.3) is 0 Å². The second-order valence-corrected chi connectivity index (χ2v) is 8.82. The number of sulfonamides is 1. The Bertz CT molecular complexity index is 504. The van der Waals surface area contributed by atoms with E-state index in [4.69, 9.17) is 11.6 Å². The highest BCUT2D eigenvalue weighted by atomic mass is 35.5. The van der Waals surface area contributed by atoms with Crippen molar-refractivity contribution in [3.8, 4) is 0 Å². The fourth-order valence-corrected chi connectivity index (χ4v) is 5.03. The lowest BCUT2D eigenvalue weighted by atomic mass is 9.89. The van der Waals surface area contributed by atoms with Gasteiger partial charge in [-0.1, -0.05) is 6.92 Å². The van der Waals surface area contributed by atoms with E-state index in [9.17, 15) is 8.42 Å². The molecule has 19 heavy (non-hydrogen) atoms. The highest BCUT2D eigenvalue weighted by Gasteiger charge is 2.22. The van der Waals surface area contributed by atoms with E-state index in [-0.39, 0.29) is 5.38 Å². The molecule has 1 aromatic rings. The number of halogens is 1. The first-order valence-corrected chi connectivity index (χ1v) is 9.47. The third-order valence-corrected chi connectivity index (χ3v) is 7.17. The van der Waals surface area contributed by atoms with E-state index in [0.717, 1.165) is 37.0 Å². The smallest absolute Gasteiger partial charge is 0.210 e. The van der Waals surface area contributed by atoms with Gasteiger partial charge in [-0.25, -0.2) is 13.1 Å². The van der Waals surface area contributed by atoms with E-state index in [0.29, 0.717) is 16.7 Å². The first-order valence-electron chi connectivity index (χ1n) is 6.73. The monoisotopic (exact) mass is 321 g/mol. The number of nitrogens with one attached hydrogen (secondary N) is 1. The molecule has 0 bridgehead atoms. The molecule has 1 N–H and O–H groups in total. The average Bonchev–Trinajstić information content (AvgIpc) is 2.88. The van der Waals surface area contributed by atoms with Crippen LogP contribution in [0.5, 0.6) is 0 Å². The van der Waals surface area contributed by atoms with Crippen LogP contribution in [0.4, 0.5) is 0 Å². The first kappa shape index (κ1) is 15.3. The van der Waals surface area contributed by atoms with Gasteiger partial charge in [0.05, 0.1) is 0 Å². The SMILES string of the molecule is CCc1ccc(S(=O)(=O)NCC2CCC(Cl)CC2)s1. The Morgan fingerprint density at radius 2 is 2.00 bits per heavy atom. The van der Waals surface area contributed by atoms with Crippen molar-refractivity contribution >= 4 is 33.0 Å². The minimum atomic E-state index is -3.33. The van der Waals surface area contributed by atoms with E-state index in [2.05, 4.69) is 4.72 Å². The summed E-state index contributed by atoms with van der Waals surface area (Å²) in [5.74, 6) is 0.426. The molecule has 3 nitrogen and oxygen atoms in total. The summed E-state index contributed by atoms with van der Waals surface area (Å²) < 4.78 is 27.4. The molecule has 1 heterocycles. The third-order valence-electron chi connectivity index (χ3n) is 3.59. The van der Waals surface area contributed by atoms with Crippen molar-refractivity contribution in [1.82, 2.24) is 4.72 Å². The number of alkyl halides is 1. The lowest BCUT2D eigenvalue weighted by molar-refractivity contribution is 0.361. The first-order chi connectivity index (χ1) is 9.01. The predicted octanol–water partition coefficient (Wildman–Crippen LogP) is 3.39. The van der Waals surface area contributed by atoms with Crippen LogP contribution in [-0.4, -0.2) is 20.3 Å². The number of thiophene rings is 1. The van der Waals surface area contributed by atoms with E-state index >= 15 is 0 Å². The Hall–Kier alpha value is -0.100. The summed E-state index contributed by atoms with van der Waals surface area (Å²) in [5, 5.41) is 0.275. The predicted molar refractivity (Wildman–Crippen MR) is 80.5 cm³/mol. The zero-order valence-electron chi connectivity index (χ0n) is 11.1. The average molecular weight is 322 g/mol. The number of rotatable bonds is 5. The quantitative estimate of drug-likeness (QED) is 0.845. The molecule has 0 unspecified atom stereocenters. The standard InChI is InChI=1S/C13H20ClNO2S2/c1-2-12-7-8-13(18-12)19(16,17)15-9-10-3-5-11(14)6-4-10/h7-8,10-11,15H,2-6,9H2,1H3. The van der Waals surface area contributed by atoms with Gasteiger partial charge < -0.3 is 0 Å². The molecule has 0 aromatic carbocycles. The summed E-state index contributed by atoms with van der Waals surface area (Å²) in [6.45, 7) is 2.56. The maximum Gasteiger partial charge on any atom is 0.250 e. The fraction of sp³-hybridized carbons (Fsp3) is 0.692. The third kappa shape index (κ3) is 4.18. The van der Waals surface area contributed by atoms with Crippen molar-refractivity contribution in [2.45, 2.75) is 48.6 Å². The Labute approximate surface area is 124 Å². The largest absolute Gasteiger partial charge is 0.250 e. The second kappa shape index (κ2) is 6.57. The minimum Gasteiger partial charge on any atom is -0.210 e. The van der Waals surface area contributed by atoms with Crippen LogP contribution < -0.4 is 4.72 Å². The number of aryl methyl sites for hydroxylation is 1. The molecular formula is C13H20ClNO2S2. The molecule has 0 spiro atoms. The molecular weight excluding hydrogens is 302 g/mol. The van der Waals surface area contributed by atoms with Crippen LogP contribution in [0.1, 0.15) is 37.5 Å². The Balaban J connectivity index is 1.90. The van der Waals surface area contributed by atoms with Gasteiger partial charge in [-0.15, -0.1) is 22.9 Å². The number of hydrogen-bond acceptors (Lipinski definition) is 3. The Morgan fingerprint density at radius 1 is 1.32 bits per heavy atom. The van der Waals surface area contributed by atoms with Gasteiger partial charge in [0.1, 0.15) is 4.21 Å². The van der Waals surface area contributed by atoms with Crippen LogP contribution in [0.2, 0.25) is 0 Å². The molecule has 0 saturated heterocycles. The minimum absolute atomic E-state index is 0.275. The molecule has 1 aliphatic carbocycles. The molecule has 1 saturated carbocycles. The van der Waals surface area contributed by atoms with Crippen molar-refractivity contribution < 1.29 is 8.42 Å². The van der Waals surface area contributed by atoms with E-state index in [1.807, 2.05) is 13.0 Å². The number of hydrogen-bond donors (Lipinski definition) is 1. The molecule has 2 rings (SSSR count). The summed E-state index contributed by atoms with van der Waals surface area (Å²) in [6, 6.07) is 3.58. The topological polar surface area (TPSA) is 46.2 Å². The normalized spacial score (nSPS) is 24.5. The van der Waals surface area contributed by atoms with Crippen LogP contribution in [0.15, 0.2) is 16.3 Å². The molecule has 1 aromatic heterocycles. The van der Waals surface area contributed by atoms with Gasteiger partial charge in [-0.05, 0) is 50.2 Å². The molecule has 1 fully saturated rings. The van der Waals surface area contributed by atoms with Gasteiger partial charge in [0.25, 0.3) is 0 Å². The van der Waals surface area contributed by atoms with E-state index < -0.39 is 10.0 Å². The summed E-state index contributed by atoms with van der Waals surface area (Å²) in [4.78, 5) is 1.10. The lowest BCUT2D eigenvalue weighted by Crippen LogP contribution is -2.31. The Kier molecular flexibility index (Phi) is 5.29. The zero-order chi connectivity index (χ0) is 13.9. The van der Waals surface area contributed by atoms with Crippen molar-refractivity contribution in [3.05, 3.63) is 17.0 Å². The molecule has 0 amide bonds. The fourth-order valence-electron chi connectivity index (χ4n) is 2.32. The lowest BCUT2D eigenvalue weighted by Gasteiger charge is -2.24. The zero-order valence-corrected chi connectivity index (χ0v) is 13.5. The summed E-state index contributed by atoms with van der Waals surface area (Å²) in [5.41, 5.74) is 0. The highest BCUT2D eigenvalue weighted by Crippen LogP contribution is 2.28. The van der Waals surface area contributed by atoms with Gasteiger partial charge in [0.15, 0.2) is 0 Å². The second-order valence-electron chi connectivity index (χ2n) is 5.04. The van der Waals surface area contributed by atoms with Gasteiger partial charge in [0.2, 0.25) is 10.0 Å². The van der Waals surface area contributed by atoms with Gasteiger partial charge >= 0.3 is 0 Å². The van der Waals surface area contributed by atoms with Crippen LogP contribution in [0, 0.1) is 5.92 Å². The van der Waals surface area contributed by atoms with Crippen molar-refractivity contribution in [2.75, 3.05) is 6.54 Å². The van der Waals surface area contributed by atoms with Gasteiger partial charge in [-0.2, -0.15) is 0 Å². The summed E-state index contributed by atoms with van der Waals surface area (Å²) in [7, 11) is -3.33. The molecule has 108 valence electrons. The van der Waals surface area contributed by atoms with Crippen LogP contribution in [0.3, 0.4) is 0 Å². The molecule has 0 atom stereocenters. The molecule has 0 aliphatic heterocycles. The van der Waals surface area contributed by atoms with E-state index in [1.54, 1.807) is 6.07 Å². The van der Waals surface area contributed by atoms with Gasteiger partial charge in [-0.3, -0.25) is 0 Å². The van der Waals surface area contributed by atoms with Crippen LogP contribution >= 0.6 is 22.9 Å². The van der Waals surface area contributed by atoms with Crippen molar-refractivity contribution in [2.24, 2.45) is 5.92 Å². The Morgan fingerprint density at radius 3 is 2.58 bits per heavy atom. The highest BCUT2D eigenvalue weighted by molar-refractivity contribution is 7.91. The van der Waals surface area contributed by atoms with Crippen LogP contribution in [-0.2, 0) is 16.4 Å². The molecule has 1 aliphatic rings.